The molecule has 0 fully saturated rings. The van der Waals surface area contributed by atoms with Gasteiger partial charge in [-0.05, 0) is 5.41 Å². The number of carbonyl (C=O) groups excluding carboxylic acids is 1. The maximum Gasteiger partial charge on any atom is 0.274 e. The summed E-state index contributed by atoms with van der Waals surface area (Å²) in [5, 5.41) is 3.96. The van der Waals surface area contributed by atoms with Gasteiger partial charge < -0.3 is 10.6 Å². The van der Waals surface area contributed by atoms with Crippen LogP contribution < -0.4 is 5.73 Å². The summed E-state index contributed by atoms with van der Waals surface area (Å²) in [6.45, 7) is 6.94. The van der Waals surface area contributed by atoms with Crippen molar-refractivity contribution < 1.29 is 4.79 Å². The number of nitrogen functional groups attached to an aromatic ring is 1. The Kier molecular flexibility index (Phi) is 3.26. The largest absolute Gasteiger partial charge is 0.396 e. The Bertz CT molecular complexity index is 370. The van der Waals surface area contributed by atoms with E-state index in [1.165, 1.54) is 10.9 Å². The predicted molar refractivity (Wildman–Crippen MR) is 64.0 cm³/mol. The van der Waals surface area contributed by atoms with Gasteiger partial charge in [-0.15, -0.1) is 0 Å². The molecule has 1 heterocycles. The average Bonchev–Trinajstić information content (AvgIpc) is 2.42. The van der Waals surface area contributed by atoms with Gasteiger partial charge in [-0.3, -0.25) is 9.48 Å². The third-order valence-electron chi connectivity index (χ3n) is 2.23. The second kappa shape index (κ2) is 4.15. The fourth-order valence-electron chi connectivity index (χ4n) is 1.68. The van der Waals surface area contributed by atoms with Gasteiger partial charge in [0.1, 0.15) is 5.69 Å². The molecule has 0 bridgehead atoms. The number of amides is 1. The molecule has 5 heteroatoms. The Labute approximate surface area is 96.2 Å². The Morgan fingerprint density at radius 2 is 2.12 bits per heavy atom. The van der Waals surface area contributed by atoms with E-state index in [4.69, 9.17) is 5.73 Å². The van der Waals surface area contributed by atoms with Crippen LogP contribution in [0.3, 0.4) is 0 Å². The number of hydrogen-bond acceptors (Lipinski definition) is 3. The molecular formula is C11H20N4O. The van der Waals surface area contributed by atoms with Crippen LogP contribution in [0.25, 0.3) is 0 Å². The van der Waals surface area contributed by atoms with Crippen molar-refractivity contribution in [3.8, 4) is 0 Å². The van der Waals surface area contributed by atoms with E-state index in [1.807, 2.05) is 0 Å². The number of nitrogens with zero attached hydrogens (tertiary/aromatic N) is 3. The van der Waals surface area contributed by atoms with Crippen molar-refractivity contribution >= 4 is 11.6 Å². The van der Waals surface area contributed by atoms with Crippen molar-refractivity contribution in [1.82, 2.24) is 14.7 Å². The molecule has 5 nitrogen and oxygen atoms in total. The van der Waals surface area contributed by atoms with Crippen LogP contribution >= 0.6 is 0 Å². The molecule has 0 radical (unpaired) electrons. The molecule has 0 spiro atoms. The number of rotatable bonds is 2. The van der Waals surface area contributed by atoms with E-state index < -0.39 is 0 Å². The van der Waals surface area contributed by atoms with E-state index in [9.17, 15) is 4.79 Å². The zero-order valence-corrected chi connectivity index (χ0v) is 10.6. The molecule has 0 aliphatic carbocycles. The summed E-state index contributed by atoms with van der Waals surface area (Å²) in [5.74, 6) is -0.0903. The zero-order chi connectivity index (χ0) is 12.5. The highest BCUT2D eigenvalue weighted by Crippen LogP contribution is 2.17. The number of nitrogens with two attached hydrogens (primary N) is 1. The SMILES string of the molecule is CN(CC(C)(C)C)C(=O)c1c(N)cnn1C. The molecule has 0 saturated carbocycles. The highest BCUT2D eigenvalue weighted by molar-refractivity contribution is 5.97. The van der Waals surface area contributed by atoms with Gasteiger partial charge in [0.15, 0.2) is 0 Å². The van der Waals surface area contributed by atoms with Crippen molar-refractivity contribution in [3.05, 3.63) is 11.9 Å². The van der Waals surface area contributed by atoms with Crippen LogP contribution in [0.2, 0.25) is 0 Å². The second-order valence-electron chi connectivity index (χ2n) is 5.29. The first-order valence-electron chi connectivity index (χ1n) is 5.25. The van der Waals surface area contributed by atoms with E-state index in [1.54, 1.807) is 19.0 Å². The van der Waals surface area contributed by atoms with E-state index in [0.717, 1.165) is 0 Å². The van der Waals surface area contributed by atoms with Gasteiger partial charge >= 0.3 is 0 Å². The molecule has 1 amide bonds. The Morgan fingerprint density at radius 3 is 2.50 bits per heavy atom. The Hall–Kier alpha value is -1.52. The van der Waals surface area contributed by atoms with E-state index >= 15 is 0 Å². The number of aromatic nitrogens is 2. The van der Waals surface area contributed by atoms with Gasteiger partial charge in [0.25, 0.3) is 5.91 Å². The lowest BCUT2D eigenvalue weighted by Crippen LogP contribution is -2.35. The third-order valence-corrected chi connectivity index (χ3v) is 2.23. The summed E-state index contributed by atoms with van der Waals surface area (Å²) in [6.07, 6.45) is 1.50. The lowest BCUT2D eigenvalue weighted by molar-refractivity contribution is 0.0736. The number of carbonyl (C=O) groups is 1. The topological polar surface area (TPSA) is 64.2 Å². The first-order valence-corrected chi connectivity index (χ1v) is 5.25. The highest BCUT2D eigenvalue weighted by atomic mass is 16.2. The minimum atomic E-state index is -0.0903. The van der Waals surface area contributed by atoms with Gasteiger partial charge in [-0.1, -0.05) is 20.8 Å². The number of anilines is 1. The van der Waals surface area contributed by atoms with Crippen LogP contribution in [-0.4, -0.2) is 34.2 Å². The first-order chi connectivity index (χ1) is 7.22. The highest BCUT2D eigenvalue weighted by Gasteiger charge is 2.22. The van der Waals surface area contributed by atoms with Gasteiger partial charge in [-0.25, -0.2) is 0 Å². The van der Waals surface area contributed by atoms with Gasteiger partial charge in [-0.2, -0.15) is 5.10 Å². The van der Waals surface area contributed by atoms with Crippen molar-refractivity contribution in [2.45, 2.75) is 20.8 Å². The molecule has 16 heavy (non-hydrogen) atoms. The standard InChI is InChI=1S/C11H20N4O/c1-11(2,3)7-14(4)10(16)9-8(12)6-13-15(9)5/h6H,7,12H2,1-5H3. The first kappa shape index (κ1) is 12.5. The van der Waals surface area contributed by atoms with E-state index in [2.05, 4.69) is 25.9 Å². The van der Waals surface area contributed by atoms with Crippen LogP contribution in [-0.2, 0) is 7.05 Å². The van der Waals surface area contributed by atoms with Crippen LogP contribution in [0.1, 0.15) is 31.3 Å². The van der Waals surface area contributed by atoms with Crippen LogP contribution in [0.5, 0.6) is 0 Å². The van der Waals surface area contributed by atoms with E-state index in [0.29, 0.717) is 17.9 Å². The van der Waals surface area contributed by atoms with Gasteiger partial charge in [0.05, 0.1) is 11.9 Å². The summed E-state index contributed by atoms with van der Waals surface area (Å²) in [5.41, 5.74) is 6.66. The third kappa shape index (κ3) is 2.74. The number of aryl methyl sites for hydroxylation is 1. The van der Waals surface area contributed by atoms with Crippen LogP contribution in [0.4, 0.5) is 5.69 Å². The Morgan fingerprint density at radius 1 is 1.56 bits per heavy atom. The van der Waals surface area contributed by atoms with Crippen molar-refractivity contribution in [1.29, 1.82) is 0 Å². The molecule has 1 aromatic heterocycles. The minimum Gasteiger partial charge on any atom is -0.396 e. The Balaban J connectivity index is 2.87. The second-order valence-corrected chi connectivity index (χ2v) is 5.29. The van der Waals surface area contributed by atoms with E-state index in [-0.39, 0.29) is 11.3 Å². The summed E-state index contributed by atoms with van der Waals surface area (Å²) in [4.78, 5) is 13.8. The molecule has 1 rings (SSSR count). The summed E-state index contributed by atoms with van der Waals surface area (Å²) < 4.78 is 1.51. The fraction of sp³-hybridized carbons (Fsp3) is 0.636. The molecule has 1 aromatic rings. The zero-order valence-electron chi connectivity index (χ0n) is 10.6. The monoisotopic (exact) mass is 224 g/mol. The molecule has 0 aliphatic heterocycles. The van der Waals surface area contributed by atoms with Crippen molar-refractivity contribution in [2.24, 2.45) is 12.5 Å². The molecule has 90 valence electrons. The molecule has 0 aliphatic rings. The van der Waals surface area contributed by atoms with Crippen LogP contribution in [0.15, 0.2) is 6.20 Å². The van der Waals surface area contributed by atoms with Gasteiger partial charge in [0, 0.05) is 20.6 Å². The minimum absolute atomic E-state index is 0.0672. The van der Waals surface area contributed by atoms with Crippen LogP contribution in [0, 0.1) is 5.41 Å². The predicted octanol–water partition coefficient (Wildman–Crippen LogP) is 1.12. The number of hydrogen-bond donors (Lipinski definition) is 1. The molecule has 0 unspecified atom stereocenters. The fourth-order valence-corrected chi connectivity index (χ4v) is 1.68. The maximum atomic E-state index is 12.1. The molecule has 0 saturated heterocycles. The molecule has 2 N–H and O–H groups in total. The average molecular weight is 224 g/mol. The quantitative estimate of drug-likeness (QED) is 0.818. The van der Waals surface area contributed by atoms with Crippen molar-refractivity contribution in [2.75, 3.05) is 19.3 Å². The summed E-state index contributed by atoms with van der Waals surface area (Å²) in [6, 6.07) is 0. The lowest BCUT2D eigenvalue weighted by atomic mass is 9.96. The smallest absolute Gasteiger partial charge is 0.274 e. The molecule has 0 aromatic carbocycles. The normalized spacial score (nSPS) is 11.6. The lowest BCUT2D eigenvalue weighted by Gasteiger charge is -2.26. The van der Waals surface area contributed by atoms with Gasteiger partial charge in [0.2, 0.25) is 0 Å². The summed E-state index contributed by atoms with van der Waals surface area (Å²) >= 11 is 0. The summed E-state index contributed by atoms with van der Waals surface area (Å²) in [7, 11) is 3.49. The van der Waals surface area contributed by atoms with Crippen molar-refractivity contribution in [3.63, 3.8) is 0 Å². The maximum absolute atomic E-state index is 12.1. The molecule has 0 atom stereocenters. The molecular weight excluding hydrogens is 204 g/mol.